The molecule has 2 aliphatic rings. The Morgan fingerprint density at radius 1 is 1.16 bits per heavy atom. The first kappa shape index (κ1) is 32.6. The molecule has 1 saturated carbocycles. The van der Waals surface area contributed by atoms with Crippen molar-refractivity contribution in [3.05, 3.63) is 79.2 Å². The van der Waals surface area contributed by atoms with Crippen molar-refractivity contribution >= 4 is 51.7 Å². The SMILES string of the molecule is COc1cc(C=O)cc(I)c1O[C@H]1C=C(C(=O)NCCO)C[C@@H](N(C(=O)c2cc3ccccc3oc2=O)C2CCCCC2)[C@@H]1O. The van der Waals surface area contributed by atoms with E-state index in [2.05, 4.69) is 5.32 Å². The maximum absolute atomic E-state index is 14.4. The van der Waals surface area contributed by atoms with Crippen LogP contribution < -0.4 is 20.4 Å². The molecule has 11 nitrogen and oxygen atoms in total. The Bertz CT molecular complexity index is 1660. The van der Waals surface area contributed by atoms with Gasteiger partial charge in [-0.1, -0.05) is 37.5 Å². The highest BCUT2D eigenvalue weighted by atomic mass is 127. The minimum Gasteiger partial charge on any atom is -0.493 e. The van der Waals surface area contributed by atoms with Crippen molar-refractivity contribution in [3.63, 3.8) is 0 Å². The minimum absolute atomic E-state index is 0.0111. The summed E-state index contributed by atoms with van der Waals surface area (Å²) in [5.74, 6) is -0.560. The van der Waals surface area contributed by atoms with Crippen molar-refractivity contribution in [1.82, 2.24) is 10.2 Å². The Morgan fingerprint density at radius 3 is 2.62 bits per heavy atom. The maximum Gasteiger partial charge on any atom is 0.349 e. The average molecular weight is 731 g/mol. The van der Waals surface area contributed by atoms with E-state index < -0.39 is 35.7 Å². The quantitative estimate of drug-likeness (QED) is 0.161. The first-order chi connectivity index (χ1) is 21.7. The van der Waals surface area contributed by atoms with Crippen LogP contribution in [0.3, 0.4) is 0 Å². The fraction of sp³-hybridized carbons (Fsp3) is 0.394. The van der Waals surface area contributed by atoms with Gasteiger partial charge in [-0.25, -0.2) is 4.79 Å². The summed E-state index contributed by atoms with van der Waals surface area (Å²) < 4.78 is 17.8. The van der Waals surface area contributed by atoms with Crippen LogP contribution in [0.5, 0.6) is 11.5 Å². The highest BCUT2D eigenvalue weighted by Crippen LogP contribution is 2.38. The van der Waals surface area contributed by atoms with E-state index in [1.807, 2.05) is 22.6 Å². The predicted molar refractivity (Wildman–Crippen MR) is 174 cm³/mol. The number of aliphatic hydroxyl groups is 2. The van der Waals surface area contributed by atoms with Crippen molar-refractivity contribution < 1.29 is 38.5 Å². The van der Waals surface area contributed by atoms with Gasteiger partial charge in [-0.05, 0) is 65.8 Å². The first-order valence-electron chi connectivity index (χ1n) is 14.9. The molecule has 12 heteroatoms. The molecule has 0 radical (unpaired) electrons. The van der Waals surface area contributed by atoms with Crippen molar-refractivity contribution in [2.24, 2.45) is 0 Å². The molecule has 1 aromatic heterocycles. The summed E-state index contributed by atoms with van der Waals surface area (Å²) in [7, 11) is 1.43. The van der Waals surface area contributed by atoms with Crippen LogP contribution in [0.2, 0.25) is 0 Å². The molecule has 3 atom stereocenters. The molecule has 5 rings (SSSR count). The molecule has 1 heterocycles. The third-order valence-corrected chi connectivity index (χ3v) is 9.09. The Morgan fingerprint density at radius 2 is 1.91 bits per heavy atom. The number of benzene rings is 2. The number of ether oxygens (including phenoxy) is 2. The highest BCUT2D eigenvalue weighted by Gasteiger charge is 2.44. The van der Waals surface area contributed by atoms with Crippen molar-refractivity contribution in [3.8, 4) is 11.5 Å². The molecule has 0 spiro atoms. The van der Waals surface area contributed by atoms with Crippen LogP contribution in [0, 0.1) is 3.57 Å². The Kier molecular flexibility index (Phi) is 10.6. The van der Waals surface area contributed by atoms with Gasteiger partial charge >= 0.3 is 5.63 Å². The summed E-state index contributed by atoms with van der Waals surface area (Å²) >= 11 is 2.00. The Hall–Kier alpha value is -3.75. The summed E-state index contributed by atoms with van der Waals surface area (Å²) in [6.07, 6.45) is 3.78. The zero-order valence-electron chi connectivity index (χ0n) is 24.7. The van der Waals surface area contributed by atoms with E-state index in [1.54, 1.807) is 35.2 Å². The second kappa shape index (κ2) is 14.6. The molecule has 1 fully saturated rings. The fourth-order valence-corrected chi connectivity index (χ4v) is 6.86. The standard InChI is InChI=1S/C33H35IN2O9/c1-43-28-14-19(18-38)13-24(34)30(28)44-27-17-21(31(40)35-11-12-37)16-25(29(27)39)36(22-8-3-2-4-9-22)32(41)23-15-20-7-5-6-10-26(20)45-33(23)42/h5-7,10,13-15,17-18,22,25,27,29,37,39H,2-4,8-9,11-12,16H2,1H3,(H,35,40)/t25-,27+,29+/m1/s1. The van der Waals surface area contributed by atoms with E-state index >= 15 is 0 Å². The zero-order valence-corrected chi connectivity index (χ0v) is 26.9. The molecular formula is C33H35IN2O9. The van der Waals surface area contributed by atoms with Gasteiger partial charge in [0.15, 0.2) is 11.5 Å². The van der Waals surface area contributed by atoms with Crippen LogP contribution in [0.1, 0.15) is 59.2 Å². The van der Waals surface area contributed by atoms with Crippen molar-refractivity contribution in [1.29, 1.82) is 0 Å². The number of carbonyl (C=O) groups excluding carboxylic acids is 3. The fourth-order valence-electron chi connectivity index (χ4n) is 6.10. The van der Waals surface area contributed by atoms with Crippen LogP contribution in [0.15, 0.2) is 63.3 Å². The van der Waals surface area contributed by atoms with Gasteiger partial charge in [0.25, 0.3) is 5.91 Å². The summed E-state index contributed by atoms with van der Waals surface area (Å²) in [6, 6.07) is 10.3. The predicted octanol–water partition coefficient (Wildman–Crippen LogP) is 3.61. The average Bonchev–Trinajstić information content (AvgIpc) is 3.05. The third kappa shape index (κ3) is 7.07. The number of aldehydes is 1. The van der Waals surface area contributed by atoms with Gasteiger partial charge < -0.3 is 34.3 Å². The number of rotatable bonds is 10. The van der Waals surface area contributed by atoms with Gasteiger partial charge in [0, 0.05) is 35.5 Å². The molecule has 45 heavy (non-hydrogen) atoms. The summed E-state index contributed by atoms with van der Waals surface area (Å²) in [4.78, 5) is 53.8. The highest BCUT2D eigenvalue weighted by molar-refractivity contribution is 14.1. The van der Waals surface area contributed by atoms with Gasteiger partial charge in [0.05, 0.1) is 23.3 Å². The van der Waals surface area contributed by atoms with Gasteiger partial charge in [0.1, 0.15) is 29.6 Å². The lowest BCUT2D eigenvalue weighted by atomic mass is 9.84. The number of halogens is 1. The lowest BCUT2D eigenvalue weighted by molar-refractivity contribution is -0.118. The second-order valence-electron chi connectivity index (χ2n) is 11.2. The van der Waals surface area contributed by atoms with Crippen molar-refractivity contribution in [2.75, 3.05) is 20.3 Å². The molecule has 2 amide bonds. The van der Waals surface area contributed by atoms with E-state index in [0.717, 1.165) is 19.3 Å². The third-order valence-electron chi connectivity index (χ3n) is 8.29. The Balaban J connectivity index is 1.58. The van der Waals surface area contributed by atoms with Gasteiger partial charge in [-0.15, -0.1) is 0 Å². The van der Waals surface area contributed by atoms with E-state index in [1.165, 1.54) is 25.3 Å². The van der Waals surface area contributed by atoms with Gasteiger partial charge in [-0.2, -0.15) is 0 Å². The lowest BCUT2D eigenvalue weighted by Gasteiger charge is -2.45. The monoisotopic (exact) mass is 730 g/mol. The normalized spacial score (nSPS) is 20.3. The molecular weight excluding hydrogens is 695 g/mol. The maximum atomic E-state index is 14.4. The van der Waals surface area contributed by atoms with Crippen LogP contribution in [0.4, 0.5) is 0 Å². The second-order valence-corrected chi connectivity index (χ2v) is 12.3. The molecule has 3 N–H and O–H groups in total. The zero-order chi connectivity index (χ0) is 32.1. The van der Waals surface area contributed by atoms with E-state index in [9.17, 15) is 29.4 Å². The number of methoxy groups -OCH3 is 1. The topological polar surface area (TPSA) is 156 Å². The molecule has 0 unspecified atom stereocenters. The van der Waals surface area contributed by atoms with E-state index in [-0.39, 0.29) is 48.2 Å². The largest absolute Gasteiger partial charge is 0.493 e. The van der Waals surface area contributed by atoms with Crippen LogP contribution in [-0.2, 0) is 4.79 Å². The smallest absolute Gasteiger partial charge is 0.349 e. The molecule has 3 aromatic rings. The number of nitrogens with one attached hydrogen (secondary N) is 1. The number of amides is 2. The van der Waals surface area contributed by atoms with Gasteiger partial charge in [-0.3, -0.25) is 14.4 Å². The molecule has 2 aromatic carbocycles. The molecule has 238 valence electrons. The number of carbonyl (C=O) groups is 3. The summed E-state index contributed by atoms with van der Waals surface area (Å²) in [5, 5.41) is 24.5. The minimum atomic E-state index is -1.32. The lowest BCUT2D eigenvalue weighted by Crippen LogP contribution is -2.58. The summed E-state index contributed by atoms with van der Waals surface area (Å²) in [5.41, 5.74) is 0.0216. The van der Waals surface area contributed by atoms with Crippen molar-refractivity contribution in [2.45, 2.75) is 62.8 Å². The number of hydrogen-bond donors (Lipinski definition) is 3. The molecule has 2 aliphatic carbocycles. The number of fused-ring (bicyclic) bond motifs is 1. The molecule has 0 saturated heterocycles. The Labute approximate surface area is 273 Å². The van der Waals surface area contributed by atoms with E-state index in [0.29, 0.717) is 39.2 Å². The van der Waals surface area contributed by atoms with E-state index in [4.69, 9.17) is 13.9 Å². The number of aliphatic hydroxyl groups excluding tert-OH is 2. The van der Waals surface area contributed by atoms with Crippen LogP contribution in [0.25, 0.3) is 11.0 Å². The van der Waals surface area contributed by atoms with Crippen LogP contribution in [-0.4, -0.2) is 77.8 Å². The molecule has 0 bridgehead atoms. The number of nitrogens with zero attached hydrogens (tertiary/aromatic N) is 1. The number of para-hydroxylation sites is 1. The first-order valence-corrected chi connectivity index (χ1v) is 16.0. The summed E-state index contributed by atoms with van der Waals surface area (Å²) in [6.45, 7) is -0.259. The van der Waals surface area contributed by atoms with Gasteiger partial charge in [0.2, 0.25) is 5.91 Å². The molecule has 0 aliphatic heterocycles. The van der Waals surface area contributed by atoms with Crippen LogP contribution >= 0.6 is 22.6 Å². The number of hydrogen-bond acceptors (Lipinski definition) is 9.